The average Bonchev–Trinajstić information content (AvgIpc) is 2.66. The Morgan fingerprint density at radius 1 is 1.60 bits per heavy atom. The van der Waals surface area contributed by atoms with Crippen LogP contribution in [0.25, 0.3) is 0 Å². The Hall–Kier alpha value is -1.16. The predicted molar refractivity (Wildman–Crippen MR) is 55.7 cm³/mol. The summed E-state index contributed by atoms with van der Waals surface area (Å²) in [5.41, 5.74) is 0. The highest BCUT2D eigenvalue weighted by Gasteiger charge is 2.20. The normalized spacial score (nSPS) is 17.9. The van der Waals surface area contributed by atoms with Crippen molar-refractivity contribution in [1.82, 2.24) is 9.55 Å². The number of hydrogen-bond acceptors (Lipinski definition) is 3. The van der Waals surface area contributed by atoms with Crippen molar-refractivity contribution in [2.45, 2.75) is 19.3 Å². The molecule has 0 radical (unpaired) electrons. The standard InChI is InChI=1S/C11H16N2O2/c1-13-5-4-12-11(13)10(14)8-9-2-6-15-7-3-9/h4-5,9H,2-3,6-8H2,1H3. The van der Waals surface area contributed by atoms with Crippen molar-refractivity contribution in [1.29, 1.82) is 0 Å². The van der Waals surface area contributed by atoms with Crippen LogP contribution in [-0.4, -0.2) is 28.5 Å². The third-order valence-corrected chi connectivity index (χ3v) is 2.89. The summed E-state index contributed by atoms with van der Waals surface area (Å²) >= 11 is 0. The summed E-state index contributed by atoms with van der Waals surface area (Å²) in [6, 6.07) is 0. The largest absolute Gasteiger partial charge is 0.381 e. The van der Waals surface area contributed by atoms with Crippen LogP contribution >= 0.6 is 0 Å². The number of aromatic nitrogens is 2. The minimum absolute atomic E-state index is 0.148. The van der Waals surface area contributed by atoms with E-state index in [1.54, 1.807) is 17.0 Å². The molecule has 0 bridgehead atoms. The molecule has 1 aliphatic heterocycles. The molecule has 0 N–H and O–H groups in total. The van der Waals surface area contributed by atoms with Crippen molar-refractivity contribution < 1.29 is 9.53 Å². The van der Waals surface area contributed by atoms with Gasteiger partial charge in [-0.2, -0.15) is 0 Å². The molecule has 0 saturated carbocycles. The van der Waals surface area contributed by atoms with Crippen molar-refractivity contribution in [3.63, 3.8) is 0 Å². The zero-order valence-corrected chi connectivity index (χ0v) is 8.98. The number of Topliss-reactive ketones (excluding diaryl/α,β-unsaturated/α-hetero) is 1. The Morgan fingerprint density at radius 2 is 2.33 bits per heavy atom. The third kappa shape index (κ3) is 2.45. The lowest BCUT2D eigenvalue weighted by molar-refractivity contribution is 0.0597. The smallest absolute Gasteiger partial charge is 0.198 e. The molecule has 1 saturated heterocycles. The quantitative estimate of drug-likeness (QED) is 0.706. The van der Waals surface area contributed by atoms with E-state index in [2.05, 4.69) is 4.98 Å². The molecular weight excluding hydrogens is 192 g/mol. The number of nitrogens with zero attached hydrogens (tertiary/aromatic N) is 2. The first-order valence-electron chi connectivity index (χ1n) is 5.35. The van der Waals surface area contributed by atoms with E-state index < -0.39 is 0 Å². The molecule has 4 nitrogen and oxygen atoms in total. The van der Waals surface area contributed by atoms with E-state index in [4.69, 9.17) is 4.74 Å². The van der Waals surface area contributed by atoms with Gasteiger partial charge in [0.25, 0.3) is 0 Å². The van der Waals surface area contributed by atoms with Gasteiger partial charge in [0.15, 0.2) is 11.6 Å². The highest BCUT2D eigenvalue weighted by Crippen LogP contribution is 2.20. The molecular formula is C11H16N2O2. The fourth-order valence-electron chi connectivity index (χ4n) is 1.94. The molecule has 0 atom stereocenters. The van der Waals surface area contributed by atoms with Crippen LogP contribution in [0, 0.1) is 5.92 Å². The van der Waals surface area contributed by atoms with Crippen LogP contribution in [0.15, 0.2) is 12.4 Å². The molecule has 1 aromatic rings. The van der Waals surface area contributed by atoms with E-state index >= 15 is 0 Å². The molecule has 1 aliphatic rings. The van der Waals surface area contributed by atoms with Gasteiger partial charge < -0.3 is 9.30 Å². The van der Waals surface area contributed by atoms with E-state index in [1.807, 2.05) is 7.05 Å². The van der Waals surface area contributed by atoms with Gasteiger partial charge in [-0.1, -0.05) is 0 Å². The SMILES string of the molecule is Cn1ccnc1C(=O)CC1CCOCC1. The second-order valence-corrected chi connectivity index (χ2v) is 4.04. The maximum atomic E-state index is 11.9. The van der Waals surface area contributed by atoms with Gasteiger partial charge in [-0.3, -0.25) is 4.79 Å². The zero-order chi connectivity index (χ0) is 10.7. The van der Waals surface area contributed by atoms with E-state index in [-0.39, 0.29) is 5.78 Å². The maximum absolute atomic E-state index is 11.9. The summed E-state index contributed by atoms with van der Waals surface area (Å²) in [5.74, 6) is 1.19. The first-order valence-corrected chi connectivity index (χ1v) is 5.35. The summed E-state index contributed by atoms with van der Waals surface area (Å²) in [7, 11) is 1.85. The topological polar surface area (TPSA) is 44.1 Å². The second-order valence-electron chi connectivity index (χ2n) is 4.04. The van der Waals surface area contributed by atoms with Gasteiger partial charge in [-0.05, 0) is 18.8 Å². The number of imidazole rings is 1. The summed E-state index contributed by atoms with van der Waals surface area (Å²) in [6.45, 7) is 1.58. The van der Waals surface area contributed by atoms with Crippen LogP contribution in [0.5, 0.6) is 0 Å². The number of hydrogen-bond donors (Lipinski definition) is 0. The molecule has 82 valence electrons. The molecule has 1 aromatic heterocycles. The number of ether oxygens (including phenoxy) is 1. The van der Waals surface area contributed by atoms with Gasteiger partial charge in [0.05, 0.1) is 0 Å². The Kier molecular flexibility index (Phi) is 3.16. The second kappa shape index (κ2) is 4.57. The maximum Gasteiger partial charge on any atom is 0.198 e. The van der Waals surface area contributed by atoms with E-state index in [9.17, 15) is 4.79 Å². The highest BCUT2D eigenvalue weighted by molar-refractivity contribution is 5.92. The molecule has 15 heavy (non-hydrogen) atoms. The van der Waals surface area contributed by atoms with E-state index in [1.165, 1.54) is 0 Å². The van der Waals surface area contributed by atoms with Crippen LogP contribution in [0.1, 0.15) is 29.9 Å². The van der Waals surface area contributed by atoms with Crippen LogP contribution in [0.3, 0.4) is 0 Å². The molecule has 0 aromatic carbocycles. The van der Waals surface area contributed by atoms with Crippen LogP contribution in [-0.2, 0) is 11.8 Å². The van der Waals surface area contributed by atoms with Crippen molar-refractivity contribution in [3.8, 4) is 0 Å². The van der Waals surface area contributed by atoms with Crippen LogP contribution < -0.4 is 0 Å². The van der Waals surface area contributed by atoms with Crippen molar-refractivity contribution in [3.05, 3.63) is 18.2 Å². The molecule has 1 fully saturated rings. The van der Waals surface area contributed by atoms with E-state index in [0.717, 1.165) is 26.1 Å². The number of rotatable bonds is 3. The summed E-state index contributed by atoms with van der Waals surface area (Å²) in [6.07, 6.45) is 6.06. The summed E-state index contributed by atoms with van der Waals surface area (Å²) in [4.78, 5) is 15.9. The minimum atomic E-state index is 0.148. The molecule has 0 spiro atoms. The third-order valence-electron chi connectivity index (χ3n) is 2.89. The number of aryl methyl sites for hydroxylation is 1. The van der Waals surface area contributed by atoms with Crippen LogP contribution in [0.2, 0.25) is 0 Å². The Bertz CT molecular complexity index is 340. The first kappa shape index (κ1) is 10.4. The predicted octanol–water partition coefficient (Wildman–Crippen LogP) is 1.42. The first-order chi connectivity index (χ1) is 7.27. The molecule has 0 unspecified atom stereocenters. The number of ketones is 1. The van der Waals surface area contributed by atoms with Gasteiger partial charge >= 0.3 is 0 Å². The van der Waals surface area contributed by atoms with Crippen LogP contribution in [0.4, 0.5) is 0 Å². The molecule has 0 aliphatic carbocycles. The van der Waals surface area contributed by atoms with Crippen molar-refractivity contribution in [2.75, 3.05) is 13.2 Å². The van der Waals surface area contributed by atoms with Crippen molar-refractivity contribution >= 4 is 5.78 Å². The minimum Gasteiger partial charge on any atom is -0.381 e. The lowest BCUT2D eigenvalue weighted by Crippen LogP contribution is -2.20. The Balaban J connectivity index is 1.94. The Morgan fingerprint density at radius 3 is 2.93 bits per heavy atom. The highest BCUT2D eigenvalue weighted by atomic mass is 16.5. The van der Waals surface area contributed by atoms with Gasteiger partial charge in [-0.15, -0.1) is 0 Å². The van der Waals surface area contributed by atoms with E-state index in [0.29, 0.717) is 18.2 Å². The lowest BCUT2D eigenvalue weighted by Gasteiger charge is -2.20. The number of carbonyl (C=O) groups is 1. The lowest BCUT2D eigenvalue weighted by atomic mass is 9.94. The molecule has 2 rings (SSSR count). The van der Waals surface area contributed by atoms with Gasteiger partial charge in [0.1, 0.15) is 0 Å². The summed E-state index contributed by atoms with van der Waals surface area (Å²) < 4.78 is 7.04. The molecule has 4 heteroatoms. The Labute approximate surface area is 89.3 Å². The monoisotopic (exact) mass is 208 g/mol. The van der Waals surface area contributed by atoms with Crippen molar-refractivity contribution in [2.24, 2.45) is 13.0 Å². The zero-order valence-electron chi connectivity index (χ0n) is 8.98. The fraction of sp³-hybridized carbons (Fsp3) is 0.636. The van der Waals surface area contributed by atoms with Gasteiger partial charge in [0, 0.05) is 39.1 Å². The molecule has 2 heterocycles. The van der Waals surface area contributed by atoms with Gasteiger partial charge in [0.2, 0.25) is 0 Å². The summed E-state index contributed by atoms with van der Waals surface area (Å²) in [5, 5.41) is 0. The van der Waals surface area contributed by atoms with Gasteiger partial charge in [-0.25, -0.2) is 4.98 Å². The molecule has 0 amide bonds. The average molecular weight is 208 g/mol. The number of carbonyl (C=O) groups excluding carboxylic acids is 1. The fourth-order valence-corrected chi connectivity index (χ4v) is 1.94.